The Kier molecular flexibility index (Phi) is 17.8. The molecule has 0 aromatic carbocycles. The molecule has 2 aliphatic carbocycles. The summed E-state index contributed by atoms with van der Waals surface area (Å²) in [5.74, 6) is -4.58. The van der Waals surface area contributed by atoms with Crippen molar-refractivity contribution in [1.82, 2.24) is 0 Å². The summed E-state index contributed by atoms with van der Waals surface area (Å²) in [5, 5.41) is -0.307. The molecule has 3 rings (SSSR count). The Hall–Kier alpha value is -1.25. The molecule has 1 heterocycles. The lowest BCUT2D eigenvalue weighted by Crippen LogP contribution is -2.64. The fraction of sp³-hybridized carbons (Fsp3) is 0.870. The molecule has 0 unspecified atom stereocenters. The first-order valence-electron chi connectivity index (χ1n) is 22.2. The topological polar surface area (TPSA) is 126 Å². The monoisotopic (exact) mass is 915 g/mol. The molecule has 0 aromatic heterocycles. The van der Waals surface area contributed by atoms with E-state index in [4.69, 9.17) is 46.4 Å². The van der Waals surface area contributed by atoms with Gasteiger partial charge in [0.25, 0.3) is 0 Å². The summed E-state index contributed by atoms with van der Waals surface area (Å²) >= 11 is 0. The van der Waals surface area contributed by atoms with Gasteiger partial charge in [-0.1, -0.05) is 87.5 Å². The van der Waals surface area contributed by atoms with Crippen molar-refractivity contribution in [3.05, 3.63) is 23.8 Å². The first-order chi connectivity index (χ1) is 27.8. The Bertz CT molecular complexity index is 1530. The van der Waals surface area contributed by atoms with Crippen LogP contribution in [0.3, 0.4) is 0 Å². The van der Waals surface area contributed by atoms with Crippen molar-refractivity contribution in [2.45, 2.75) is 167 Å². The SMILES string of the molecule is COCO[C@@H]([C@H](C)/C=C(\C)[C@]12O[C@@H]3[C@H](C=C[C@@H]1C(C(=O)OC)C(=O)OC)[C@H]2[C@H](O[Si](C)(C)C(C)(C)C)[C@@H](COC)[C@H]3O[Si](C)(C)C(C)(C)C)[C@H](COC)O[Si](C)(C)C(C)(C)C. The molecular weight excluding hydrogens is 829 g/mol. The third-order valence-corrected chi connectivity index (χ3v) is 28.7. The molecule has 1 aliphatic heterocycles. The minimum atomic E-state index is -2.52. The summed E-state index contributed by atoms with van der Waals surface area (Å²) in [4.78, 5) is 28.0. The van der Waals surface area contributed by atoms with Crippen LogP contribution in [0.5, 0.6) is 0 Å². The maximum Gasteiger partial charge on any atom is 0.320 e. The van der Waals surface area contributed by atoms with Crippen LogP contribution >= 0.6 is 0 Å². The summed E-state index contributed by atoms with van der Waals surface area (Å²) < 4.78 is 64.7. The number of hydrogen-bond donors (Lipinski definition) is 0. The number of esters is 2. The molecule has 0 spiro atoms. The van der Waals surface area contributed by atoms with Gasteiger partial charge in [0.1, 0.15) is 12.4 Å². The molecule has 1 saturated heterocycles. The van der Waals surface area contributed by atoms with Crippen molar-refractivity contribution in [2.24, 2.45) is 35.5 Å². The van der Waals surface area contributed by atoms with E-state index in [1.807, 2.05) is 6.08 Å². The number of hydrogen-bond acceptors (Lipinski definition) is 12. The minimum absolute atomic E-state index is 0.0447. The molecule has 0 amide bonds. The van der Waals surface area contributed by atoms with Crippen LogP contribution < -0.4 is 0 Å². The van der Waals surface area contributed by atoms with E-state index in [9.17, 15) is 9.59 Å². The van der Waals surface area contributed by atoms with Crippen LogP contribution in [0.4, 0.5) is 0 Å². The maximum absolute atomic E-state index is 14.0. The molecule has 3 aliphatic rings. The van der Waals surface area contributed by atoms with Crippen LogP contribution in [0.1, 0.15) is 76.2 Å². The Morgan fingerprint density at radius 1 is 0.738 bits per heavy atom. The molecule has 1 saturated carbocycles. The first-order valence-corrected chi connectivity index (χ1v) is 30.9. The predicted octanol–water partition coefficient (Wildman–Crippen LogP) is 9.17. The van der Waals surface area contributed by atoms with Crippen molar-refractivity contribution >= 4 is 36.9 Å². The van der Waals surface area contributed by atoms with Crippen LogP contribution in [0.25, 0.3) is 0 Å². The second kappa shape index (κ2) is 20.1. The Morgan fingerprint density at radius 3 is 1.69 bits per heavy atom. The summed E-state index contributed by atoms with van der Waals surface area (Å²) in [6.45, 7) is 38.5. The van der Waals surface area contributed by atoms with Crippen LogP contribution in [0.2, 0.25) is 54.4 Å². The molecule has 0 aromatic rings. The molecule has 0 radical (unpaired) electrons. The Morgan fingerprint density at radius 2 is 1.25 bits per heavy atom. The maximum atomic E-state index is 14.0. The zero-order chi connectivity index (χ0) is 46.9. The van der Waals surface area contributed by atoms with Gasteiger partial charge in [-0.05, 0) is 66.9 Å². The van der Waals surface area contributed by atoms with E-state index in [-0.39, 0.29) is 45.6 Å². The minimum Gasteiger partial charge on any atom is -0.468 e. The highest BCUT2D eigenvalue weighted by Gasteiger charge is 2.72. The van der Waals surface area contributed by atoms with Crippen LogP contribution in [0, 0.1) is 35.5 Å². The third-order valence-electron chi connectivity index (χ3n) is 15.3. The lowest BCUT2D eigenvalue weighted by Gasteiger charge is -2.54. The van der Waals surface area contributed by atoms with Gasteiger partial charge in [-0.2, -0.15) is 0 Å². The van der Waals surface area contributed by atoms with Crippen molar-refractivity contribution in [1.29, 1.82) is 0 Å². The summed E-state index contributed by atoms with van der Waals surface area (Å²) in [6.07, 6.45) is 4.07. The highest BCUT2D eigenvalue weighted by molar-refractivity contribution is 6.75. The number of carbonyl (C=O) groups is 2. The second-order valence-corrected chi connectivity index (χ2v) is 36.6. The Labute approximate surface area is 373 Å². The number of carbonyl (C=O) groups excluding carboxylic acids is 2. The normalized spacial score (nSPS) is 29.1. The van der Waals surface area contributed by atoms with E-state index < -0.39 is 84.8 Å². The average molecular weight is 915 g/mol. The fourth-order valence-corrected chi connectivity index (χ4v) is 12.9. The Balaban J connectivity index is 2.49. The van der Waals surface area contributed by atoms with E-state index in [1.165, 1.54) is 14.2 Å². The quantitative estimate of drug-likeness (QED) is 0.0380. The summed E-state index contributed by atoms with van der Waals surface area (Å²) in [6, 6.07) is 0. The van der Waals surface area contributed by atoms with Crippen molar-refractivity contribution in [3.63, 3.8) is 0 Å². The lowest BCUT2D eigenvalue weighted by molar-refractivity contribution is -0.168. The highest BCUT2D eigenvalue weighted by atomic mass is 28.4. The molecule has 11 atom stereocenters. The van der Waals surface area contributed by atoms with Crippen molar-refractivity contribution in [3.8, 4) is 0 Å². The first kappa shape index (κ1) is 54.1. The molecule has 0 N–H and O–H groups in total. The number of methoxy groups -OCH3 is 5. The zero-order valence-electron chi connectivity index (χ0n) is 42.1. The number of rotatable bonds is 20. The molecule has 4 bridgehead atoms. The van der Waals surface area contributed by atoms with Gasteiger partial charge < -0.3 is 46.4 Å². The highest BCUT2D eigenvalue weighted by Crippen LogP contribution is 2.63. The van der Waals surface area contributed by atoms with E-state index in [0.29, 0.717) is 13.2 Å². The molecule has 61 heavy (non-hydrogen) atoms. The van der Waals surface area contributed by atoms with Gasteiger partial charge in [0, 0.05) is 50.9 Å². The van der Waals surface area contributed by atoms with Gasteiger partial charge in [0.05, 0.1) is 58.0 Å². The predicted molar refractivity (Wildman–Crippen MR) is 248 cm³/mol. The van der Waals surface area contributed by atoms with Gasteiger partial charge in [-0.15, -0.1) is 0 Å². The third kappa shape index (κ3) is 11.1. The molecule has 12 nitrogen and oxygen atoms in total. The van der Waals surface area contributed by atoms with E-state index in [0.717, 1.165) is 5.57 Å². The smallest absolute Gasteiger partial charge is 0.320 e. The zero-order valence-corrected chi connectivity index (χ0v) is 45.1. The average Bonchev–Trinajstić information content (AvgIpc) is 3.30. The van der Waals surface area contributed by atoms with Gasteiger partial charge >= 0.3 is 11.9 Å². The summed E-state index contributed by atoms with van der Waals surface area (Å²) in [7, 11) is 0.338. The second-order valence-electron chi connectivity index (χ2n) is 22.3. The standard InChI is InChI=1S/C46H86O12Si3/c1-29(37(54-28-51-14)34(27-50-13)56-59(17,18)43(3,4)5)25-30(2)46-33(35(41(47)52-15)42(48)53-16)24-23-31-36(46)38(57-60(19,20)44(6,7)8)32(26-49-12)40(39(31)55-46)58-61(21,22)45(9,10)11/h23-25,29,31-40H,26-28H2,1-22H3/b30-25+/t29-,31-,32-,33-,34+,36+,37+,38-,39-,40-,46+/m1/s1. The molecule has 354 valence electrons. The van der Waals surface area contributed by atoms with Crippen LogP contribution in [-0.4, -0.2) is 129 Å². The molecule has 2 fully saturated rings. The van der Waals surface area contributed by atoms with Crippen molar-refractivity contribution < 1.29 is 56.0 Å². The van der Waals surface area contributed by atoms with Gasteiger partial charge in [0.2, 0.25) is 0 Å². The van der Waals surface area contributed by atoms with Gasteiger partial charge in [-0.25, -0.2) is 0 Å². The molecular formula is C46H86O12Si3. The van der Waals surface area contributed by atoms with E-state index >= 15 is 0 Å². The lowest BCUT2D eigenvalue weighted by atomic mass is 9.56. The summed E-state index contributed by atoms with van der Waals surface area (Å²) in [5.41, 5.74) is -0.411. The van der Waals surface area contributed by atoms with Gasteiger partial charge in [0.15, 0.2) is 30.9 Å². The van der Waals surface area contributed by atoms with Crippen molar-refractivity contribution in [2.75, 3.05) is 55.6 Å². The molecule has 15 heteroatoms. The largest absolute Gasteiger partial charge is 0.468 e. The van der Waals surface area contributed by atoms with Crippen LogP contribution in [-0.2, 0) is 56.0 Å². The van der Waals surface area contributed by atoms with Gasteiger partial charge in [-0.3, -0.25) is 9.59 Å². The van der Waals surface area contributed by atoms with E-state index in [1.54, 1.807) is 21.3 Å². The van der Waals surface area contributed by atoms with E-state index in [2.05, 4.69) is 128 Å². The van der Waals surface area contributed by atoms with Crippen LogP contribution in [0.15, 0.2) is 23.8 Å². The number of ether oxygens (including phenoxy) is 7. The fourth-order valence-electron chi connectivity index (χ4n) is 8.87.